The number of sulfone groups is 1. The summed E-state index contributed by atoms with van der Waals surface area (Å²) in [7, 11) is -0.107. The van der Waals surface area contributed by atoms with E-state index in [1.807, 2.05) is 51.1 Å². The minimum atomic E-state index is -3.35. The van der Waals surface area contributed by atoms with Crippen LogP contribution in [0.15, 0.2) is 52.9 Å². The molecule has 0 heterocycles. The van der Waals surface area contributed by atoms with E-state index >= 15 is 0 Å². The number of hydrogen-bond acceptors (Lipinski definition) is 4. The van der Waals surface area contributed by atoms with Crippen molar-refractivity contribution in [3.05, 3.63) is 64.7 Å². The molecule has 4 nitrogen and oxygen atoms in total. The van der Waals surface area contributed by atoms with Crippen LogP contribution in [0.2, 0.25) is 0 Å². The molecular weight excluding hydrogens is 348 g/mol. The predicted octanol–water partition coefficient (Wildman–Crippen LogP) is 4.28. The number of ether oxygens (including phenoxy) is 2. The molecular formula is C21H26O4S. The molecule has 26 heavy (non-hydrogen) atoms. The Balaban J connectivity index is 2.22. The summed E-state index contributed by atoms with van der Waals surface area (Å²) in [6, 6.07) is 10.8. The number of benzene rings is 2. The van der Waals surface area contributed by atoms with E-state index in [0.717, 1.165) is 33.8 Å². The Bertz CT molecular complexity index is 869. The molecule has 140 valence electrons. The Morgan fingerprint density at radius 3 is 2.00 bits per heavy atom. The molecule has 0 N–H and O–H groups in total. The highest BCUT2D eigenvalue weighted by atomic mass is 32.2. The van der Waals surface area contributed by atoms with Crippen molar-refractivity contribution < 1.29 is 17.9 Å². The van der Waals surface area contributed by atoms with Crippen molar-refractivity contribution in [2.45, 2.75) is 32.1 Å². The van der Waals surface area contributed by atoms with Gasteiger partial charge in [-0.1, -0.05) is 29.3 Å². The first-order valence-electron chi connectivity index (χ1n) is 8.43. The Morgan fingerprint density at radius 1 is 0.962 bits per heavy atom. The maximum Gasteiger partial charge on any atom is 0.182 e. The van der Waals surface area contributed by atoms with Crippen molar-refractivity contribution in [3.8, 4) is 11.5 Å². The van der Waals surface area contributed by atoms with Crippen molar-refractivity contribution >= 4 is 9.84 Å². The summed E-state index contributed by atoms with van der Waals surface area (Å²) < 4.78 is 36.0. The summed E-state index contributed by atoms with van der Waals surface area (Å²) in [5.74, 6) is 1.48. The number of methoxy groups -OCH3 is 2. The van der Waals surface area contributed by atoms with Gasteiger partial charge >= 0.3 is 0 Å². The summed E-state index contributed by atoms with van der Waals surface area (Å²) in [6.07, 6.45) is 2.46. The molecule has 0 aliphatic heterocycles. The molecule has 0 aliphatic carbocycles. The number of hydrogen-bond donors (Lipinski definition) is 0. The normalized spacial score (nSPS) is 12.1. The van der Waals surface area contributed by atoms with Crippen LogP contribution in [0, 0.1) is 13.8 Å². The molecule has 0 unspecified atom stereocenters. The monoisotopic (exact) mass is 374 g/mol. The molecule has 5 heteroatoms. The van der Waals surface area contributed by atoms with E-state index in [1.165, 1.54) is 0 Å². The lowest BCUT2D eigenvalue weighted by Gasteiger charge is -2.13. The van der Waals surface area contributed by atoms with Crippen LogP contribution >= 0.6 is 0 Å². The second-order valence-corrected chi connectivity index (χ2v) is 8.46. The molecule has 0 saturated heterocycles. The largest absolute Gasteiger partial charge is 0.496 e. The minimum absolute atomic E-state index is 0.00739. The molecule has 0 bridgehead atoms. The van der Waals surface area contributed by atoms with Crippen LogP contribution in [0.25, 0.3) is 0 Å². The maximum atomic E-state index is 12.6. The lowest BCUT2D eigenvalue weighted by molar-refractivity contribution is 0.386. The molecule has 2 aromatic carbocycles. The zero-order valence-electron chi connectivity index (χ0n) is 16.0. The van der Waals surface area contributed by atoms with Gasteiger partial charge in [0.1, 0.15) is 11.5 Å². The van der Waals surface area contributed by atoms with E-state index in [9.17, 15) is 8.42 Å². The third-order valence-corrected chi connectivity index (χ3v) is 6.03. The minimum Gasteiger partial charge on any atom is -0.496 e. The fourth-order valence-corrected chi connectivity index (χ4v) is 4.21. The smallest absolute Gasteiger partial charge is 0.182 e. The Morgan fingerprint density at radius 2 is 1.50 bits per heavy atom. The lowest BCUT2D eigenvalue weighted by Crippen LogP contribution is -2.08. The average Bonchev–Trinajstić information content (AvgIpc) is 2.59. The Kier molecular flexibility index (Phi) is 6.48. The van der Waals surface area contributed by atoms with Crippen LogP contribution < -0.4 is 9.47 Å². The quantitative estimate of drug-likeness (QED) is 0.679. The van der Waals surface area contributed by atoms with Gasteiger partial charge in [-0.2, -0.15) is 0 Å². The SMILES string of the molecule is COc1cc(C)cc(OC)c1C/C=C(\C)CS(=O)(=O)c1ccc(C)cc1. The molecule has 0 fully saturated rings. The summed E-state index contributed by atoms with van der Waals surface area (Å²) in [4.78, 5) is 0.348. The first-order chi connectivity index (χ1) is 12.3. The highest BCUT2D eigenvalue weighted by Crippen LogP contribution is 2.31. The van der Waals surface area contributed by atoms with Crippen LogP contribution in [0.1, 0.15) is 23.6 Å². The van der Waals surface area contributed by atoms with Gasteiger partial charge in [0.05, 0.1) is 24.9 Å². The topological polar surface area (TPSA) is 52.6 Å². The molecule has 2 rings (SSSR count). The van der Waals surface area contributed by atoms with E-state index in [0.29, 0.717) is 11.3 Å². The van der Waals surface area contributed by atoms with Crippen LogP contribution in [-0.2, 0) is 16.3 Å². The van der Waals surface area contributed by atoms with Crippen LogP contribution in [0.5, 0.6) is 11.5 Å². The van der Waals surface area contributed by atoms with Gasteiger partial charge in [0.25, 0.3) is 0 Å². The van der Waals surface area contributed by atoms with E-state index in [4.69, 9.17) is 9.47 Å². The van der Waals surface area contributed by atoms with Gasteiger partial charge in [-0.3, -0.25) is 0 Å². The van der Waals surface area contributed by atoms with Crippen LogP contribution in [-0.4, -0.2) is 28.4 Å². The first-order valence-corrected chi connectivity index (χ1v) is 10.1. The molecule has 0 saturated carbocycles. The second-order valence-electron chi connectivity index (χ2n) is 6.47. The van der Waals surface area contributed by atoms with Crippen molar-refractivity contribution in [1.29, 1.82) is 0 Å². The lowest BCUT2D eigenvalue weighted by atomic mass is 10.0. The molecule has 2 aromatic rings. The molecule has 0 amide bonds. The van der Waals surface area contributed by atoms with Crippen molar-refractivity contribution in [3.63, 3.8) is 0 Å². The van der Waals surface area contributed by atoms with Crippen LogP contribution in [0.3, 0.4) is 0 Å². The highest BCUT2D eigenvalue weighted by molar-refractivity contribution is 7.91. The molecule has 0 atom stereocenters. The van der Waals surface area contributed by atoms with Gasteiger partial charge < -0.3 is 9.47 Å². The van der Waals surface area contributed by atoms with E-state index < -0.39 is 9.84 Å². The molecule has 0 aromatic heterocycles. The molecule has 0 spiro atoms. The summed E-state index contributed by atoms with van der Waals surface area (Å²) in [5, 5.41) is 0. The summed E-state index contributed by atoms with van der Waals surface area (Å²) in [5.41, 5.74) is 3.78. The standard InChI is InChI=1S/C21H26O4S/c1-15-6-9-18(10-7-15)26(22,23)14-16(2)8-11-19-20(24-4)12-17(3)13-21(19)25-5/h6-10,12-13H,11,14H2,1-5H3/b16-8+. The third-order valence-electron chi connectivity index (χ3n) is 4.20. The number of allylic oxidation sites excluding steroid dienone is 1. The third kappa shape index (κ3) is 4.88. The molecule has 0 aliphatic rings. The van der Waals surface area contributed by atoms with Gasteiger partial charge in [-0.05, 0) is 57.0 Å². The first kappa shape index (κ1) is 20.0. The van der Waals surface area contributed by atoms with Crippen molar-refractivity contribution in [2.75, 3.05) is 20.0 Å². The van der Waals surface area contributed by atoms with Crippen LogP contribution in [0.4, 0.5) is 0 Å². The highest BCUT2D eigenvalue weighted by Gasteiger charge is 2.15. The van der Waals surface area contributed by atoms with Crippen molar-refractivity contribution in [2.24, 2.45) is 0 Å². The average molecular weight is 375 g/mol. The fraction of sp³-hybridized carbons (Fsp3) is 0.333. The van der Waals surface area contributed by atoms with Gasteiger partial charge in [0, 0.05) is 5.56 Å². The second kappa shape index (κ2) is 8.41. The van der Waals surface area contributed by atoms with E-state index in [1.54, 1.807) is 26.4 Å². The Labute approximate surface area is 156 Å². The van der Waals surface area contributed by atoms with E-state index in [-0.39, 0.29) is 5.75 Å². The van der Waals surface area contributed by atoms with E-state index in [2.05, 4.69) is 0 Å². The van der Waals surface area contributed by atoms with Gasteiger partial charge in [-0.15, -0.1) is 0 Å². The Hall–Kier alpha value is -2.27. The number of aryl methyl sites for hydroxylation is 2. The zero-order valence-corrected chi connectivity index (χ0v) is 16.8. The van der Waals surface area contributed by atoms with Gasteiger partial charge in [-0.25, -0.2) is 8.42 Å². The van der Waals surface area contributed by atoms with Gasteiger partial charge in [0.15, 0.2) is 9.84 Å². The zero-order chi connectivity index (χ0) is 19.3. The summed E-state index contributed by atoms with van der Waals surface area (Å²) >= 11 is 0. The number of rotatable bonds is 7. The van der Waals surface area contributed by atoms with Crippen molar-refractivity contribution in [1.82, 2.24) is 0 Å². The predicted molar refractivity (Wildman–Crippen MR) is 105 cm³/mol. The maximum absolute atomic E-state index is 12.6. The molecule has 0 radical (unpaired) electrons. The fourth-order valence-electron chi connectivity index (χ4n) is 2.78. The van der Waals surface area contributed by atoms with Gasteiger partial charge in [0.2, 0.25) is 0 Å². The summed E-state index contributed by atoms with van der Waals surface area (Å²) in [6.45, 7) is 5.74.